The molecule has 2 heterocycles. The number of likely N-dealkylation sites (tertiary alicyclic amines) is 1. The van der Waals surface area contributed by atoms with Crippen LogP contribution in [0.4, 0.5) is 0 Å². The fourth-order valence-corrected chi connectivity index (χ4v) is 17.6. The van der Waals surface area contributed by atoms with Crippen LogP contribution in [0.5, 0.6) is 0 Å². The lowest BCUT2D eigenvalue weighted by molar-refractivity contribution is -0.140. The third-order valence-electron chi connectivity index (χ3n) is 22.2. The number of aryl methyl sites for hydroxylation is 3. The van der Waals surface area contributed by atoms with Crippen molar-refractivity contribution in [3.8, 4) is 11.1 Å². The molecular formula is C99H121N13O13S2. The SMILES string of the molecule is CC(=O)C[C@H](NC(=O)[C@@H](C)Cc1ccc(-c2ccccc2)cc1)C(=O)NCc1cccc(CNC(c2ccccc2)(c2ccccc2)c2ccc(C)cc2)c1.CNC(=O)[C@@H]1CSSC[C@H](NC(=O)[C@@H]2CCCN2C(=O)[C@@H](N)CC(C)C)C(=O)N[C@@H](CC(C)=O)C(=O)N[C@@H](Cc2ccc(C)cc2)C(=O)N[C@@H](Cc2ccc(C)cc2)C(=O)NCC(=O)N[C@@H](C(C)C)C(=O)N1. The van der Waals surface area contributed by atoms with E-state index in [9.17, 15) is 62.3 Å². The Bertz CT molecular complexity index is 5030. The first kappa shape index (κ1) is 98.7. The highest BCUT2D eigenvalue weighted by Gasteiger charge is 2.41. The molecule has 10 atom stereocenters. The van der Waals surface area contributed by atoms with Crippen LogP contribution >= 0.6 is 21.6 Å². The maximum Gasteiger partial charge on any atom is 0.244 e. The van der Waals surface area contributed by atoms with Gasteiger partial charge in [0, 0.05) is 69.8 Å². The molecule has 26 nitrogen and oxygen atoms in total. The summed E-state index contributed by atoms with van der Waals surface area (Å²) in [6.07, 6.45) is 0.984. The lowest BCUT2D eigenvalue weighted by Gasteiger charge is -2.37. The smallest absolute Gasteiger partial charge is 0.244 e. The minimum atomic E-state index is -1.56. The molecule has 0 unspecified atom stereocenters. The average Bonchev–Trinajstić information content (AvgIpc) is 0.905. The normalized spacial score (nSPS) is 18.9. The molecule has 127 heavy (non-hydrogen) atoms. The zero-order valence-corrected chi connectivity index (χ0v) is 75.8. The zero-order chi connectivity index (χ0) is 91.9. The van der Waals surface area contributed by atoms with Gasteiger partial charge in [0.15, 0.2) is 0 Å². The Kier molecular flexibility index (Phi) is 37.7. The van der Waals surface area contributed by atoms with Gasteiger partial charge in [-0.05, 0) is 128 Å². The maximum atomic E-state index is 14.5. The number of carbonyl (C=O) groups excluding carboxylic acids is 13. The van der Waals surface area contributed by atoms with Gasteiger partial charge in [-0.2, -0.15) is 0 Å². The molecule has 0 aromatic heterocycles. The molecule has 672 valence electrons. The maximum absolute atomic E-state index is 14.5. The Morgan fingerprint density at radius 1 is 0.520 bits per heavy atom. The van der Waals surface area contributed by atoms with Crippen molar-refractivity contribution in [2.45, 2.75) is 194 Å². The standard InChI is InChI=1S/C50H72N10O10S2.C49H49N3O3/c1-27(2)20-34(51)50(70)60-19-9-10-40(60)48(68)57-39-26-72-71-25-38(43(63)52-8)58-49(69)42(28(3)4)59-41(62)24-53-44(64)36(22-32-15-11-29(5)12-16-32)55-46(66)37(23-33-17-13-30(6)14-18-33)56-45(65)35(21-31(7)61)54-47(39)67;1-35-22-28-45(29-23-35)49(43-18-9-5-10-19-43,44-20-11-6-12-21-44)51-34-40-15-13-14-39(32-40)33-50-48(55)46(31-37(3)53)52-47(54)36(2)30-38-24-26-42(27-25-38)41-16-7-4-8-17-41/h11-18,27-28,34-40,42H,9-10,19-26,51H2,1-8H3,(H,52,63)(H,53,64)(H,54,67)(H,55,66)(H,56,65)(H,57,68)(H,58,69)(H,59,62);4-29,32,36,46,51H,30-31,33-34H2,1-3H3,(H,50,55)(H,52,54)/t34-,35-,36-,37-,38-,39-,40-,42-;36-,46-/m00/s1. The Morgan fingerprint density at radius 3 is 1.58 bits per heavy atom. The molecule has 0 bridgehead atoms. The van der Waals surface area contributed by atoms with Gasteiger partial charge in [0.1, 0.15) is 59.9 Å². The number of Topliss-reactive ketones (excluding diaryl/α,β-unsaturated/α-hetero) is 2. The van der Waals surface area contributed by atoms with E-state index in [4.69, 9.17) is 5.73 Å². The third-order valence-corrected chi connectivity index (χ3v) is 24.7. The average molecular weight is 1770 g/mol. The highest BCUT2D eigenvalue weighted by molar-refractivity contribution is 8.76. The van der Waals surface area contributed by atoms with E-state index in [0.717, 1.165) is 77.2 Å². The fourth-order valence-electron chi connectivity index (χ4n) is 15.2. The first-order chi connectivity index (χ1) is 60.8. The van der Waals surface area contributed by atoms with Crippen molar-refractivity contribution in [3.63, 3.8) is 0 Å². The Hall–Kier alpha value is -12.1. The number of carbonyl (C=O) groups is 13. The molecule has 2 aliphatic heterocycles. The van der Waals surface area contributed by atoms with Gasteiger partial charge in [0.25, 0.3) is 0 Å². The minimum Gasteiger partial charge on any atom is -0.357 e. The van der Waals surface area contributed by atoms with Crippen LogP contribution < -0.4 is 64.2 Å². The van der Waals surface area contributed by atoms with Crippen LogP contribution in [0.1, 0.15) is 142 Å². The van der Waals surface area contributed by atoms with Gasteiger partial charge >= 0.3 is 0 Å². The van der Waals surface area contributed by atoms with Crippen molar-refractivity contribution in [1.29, 1.82) is 0 Å². The van der Waals surface area contributed by atoms with Gasteiger partial charge in [-0.15, -0.1) is 0 Å². The number of benzene rings is 8. The Labute approximate surface area is 752 Å². The van der Waals surface area contributed by atoms with Crippen LogP contribution in [0.25, 0.3) is 11.1 Å². The molecule has 0 radical (unpaired) electrons. The molecule has 28 heteroatoms. The summed E-state index contributed by atoms with van der Waals surface area (Å²) in [5.41, 5.74) is 18.6. The fraction of sp³-hybridized carbons (Fsp3) is 0.384. The van der Waals surface area contributed by atoms with Gasteiger partial charge in [-0.1, -0.05) is 285 Å². The molecule has 0 aliphatic carbocycles. The zero-order valence-electron chi connectivity index (χ0n) is 74.2. The lowest BCUT2D eigenvalue weighted by atomic mass is 9.76. The summed E-state index contributed by atoms with van der Waals surface area (Å²) in [6, 6.07) is 59.8. The molecule has 8 aromatic rings. The summed E-state index contributed by atoms with van der Waals surface area (Å²) < 4.78 is 0. The number of amides is 11. The van der Waals surface area contributed by atoms with E-state index >= 15 is 0 Å². The number of hydrogen-bond acceptors (Lipinski definition) is 17. The monoisotopic (exact) mass is 1760 g/mol. The molecule has 0 spiro atoms. The molecule has 8 aromatic carbocycles. The molecule has 2 fully saturated rings. The second-order valence-electron chi connectivity index (χ2n) is 33.6. The topological polar surface area (TPSA) is 383 Å². The molecule has 11 amide bonds. The number of likely N-dealkylation sites (N-methyl/N-ethyl adjacent to an activating group) is 1. The third kappa shape index (κ3) is 29.8. The number of rotatable bonds is 29. The van der Waals surface area contributed by atoms with E-state index in [-0.39, 0.29) is 61.5 Å². The summed E-state index contributed by atoms with van der Waals surface area (Å²) in [7, 11) is 3.54. The van der Waals surface area contributed by atoms with Crippen LogP contribution in [0.2, 0.25) is 0 Å². The predicted octanol–water partition coefficient (Wildman–Crippen LogP) is 8.96. The lowest BCUT2D eigenvalue weighted by Crippen LogP contribution is -2.60. The number of ketones is 2. The quantitative estimate of drug-likeness (QED) is 0.0154. The first-order valence-corrected chi connectivity index (χ1v) is 45.7. The van der Waals surface area contributed by atoms with Gasteiger partial charge in [0.05, 0.1) is 18.1 Å². The van der Waals surface area contributed by atoms with Crippen molar-refractivity contribution in [1.82, 2.24) is 63.4 Å². The summed E-state index contributed by atoms with van der Waals surface area (Å²) in [5, 5.41) is 31.0. The Morgan fingerprint density at radius 2 is 1.03 bits per heavy atom. The highest BCUT2D eigenvalue weighted by Crippen LogP contribution is 2.38. The van der Waals surface area contributed by atoms with Crippen molar-refractivity contribution in [3.05, 3.63) is 274 Å². The molecule has 0 saturated carbocycles. The molecule has 2 saturated heterocycles. The van der Waals surface area contributed by atoms with Crippen molar-refractivity contribution in [2.75, 3.05) is 31.6 Å². The first-order valence-electron chi connectivity index (χ1n) is 43.2. The second-order valence-corrected chi connectivity index (χ2v) is 36.1. The van der Waals surface area contributed by atoms with E-state index in [0.29, 0.717) is 43.4 Å². The van der Waals surface area contributed by atoms with Gasteiger partial charge < -0.3 is 63.8 Å². The van der Waals surface area contributed by atoms with E-state index in [2.05, 4.69) is 175 Å². The molecule has 13 N–H and O–H groups in total. The minimum absolute atomic E-state index is 0.0355. The van der Waals surface area contributed by atoms with E-state index in [1.165, 1.54) is 31.4 Å². The van der Waals surface area contributed by atoms with Gasteiger partial charge in [0.2, 0.25) is 65.0 Å². The molecule has 10 rings (SSSR count). The second kappa shape index (κ2) is 48.6. The summed E-state index contributed by atoms with van der Waals surface area (Å²) in [6.45, 7) is 18.1. The Balaban J connectivity index is 0.000000297. The number of nitrogens with zero attached hydrogens (tertiary/aromatic N) is 1. The van der Waals surface area contributed by atoms with Crippen LogP contribution in [-0.4, -0.2) is 167 Å². The van der Waals surface area contributed by atoms with Crippen molar-refractivity contribution in [2.24, 2.45) is 23.5 Å². The summed E-state index contributed by atoms with van der Waals surface area (Å²) in [4.78, 5) is 178. The van der Waals surface area contributed by atoms with Crippen LogP contribution in [0, 0.1) is 38.5 Å². The highest BCUT2D eigenvalue weighted by atomic mass is 33.1. The van der Waals surface area contributed by atoms with Crippen LogP contribution in [-0.2, 0) is 100 Å². The van der Waals surface area contributed by atoms with Crippen molar-refractivity contribution >= 4 is 98.1 Å². The van der Waals surface area contributed by atoms with E-state index in [1.54, 1.807) is 38.1 Å². The molecule has 2 aliphatic rings. The summed E-state index contributed by atoms with van der Waals surface area (Å²) in [5.74, 6) is -8.66. The van der Waals surface area contributed by atoms with E-state index in [1.807, 2.05) is 113 Å². The predicted molar refractivity (Wildman–Crippen MR) is 497 cm³/mol. The molecular weight excluding hydrogens is 1640 g/mol. The largest absolute Gasteiger partial charge is 0.357 e. The van der Waals surface area contributed by atoms with Crippen molar-refractivity contribution < 1.29 is 62.3 Å². The van der Waals surface area contributed by atoms with Crippen LogP contribution in [0.15, 0.2) is 212 Å². The number of nitrogens with two attached hydrogens (primary N) is 1. The summed E-state index contributed by atoms with van der Waals surface area (Å²) >= 11 is 0. The van der Waals surface area contributed by atoms with Gasteiger partial charge in [-0.3, -0.25) is 67.6 Å². The van der Waals surface area contributed by atoms with Gasteiger partial charge in [-0.25, -0.2) is 0 Å². The number of hydrogen-bond donors (Lipinski definition) is 12. The number of nitrogens with one attached hydrogen (secondary N) is 11. The van der Waals surface area contributed by atoms with Crippen LogP contribution in [0.3, 0.4) is 0 Å². The van der Waals surface area contributed by atoms with E-state index < -0.39 is 150 Å².